The predicted octanol–water partition coefficient (Wildman–Crippen LogP) is 3.70. The Morgan fingerprint density at radius 1 is 1.24 bits per heavy atom. The van der Waals surface area contributed by atoms with Crippen LogP contribution in [-0.4, -0.2) is 21.0 Å². The van der Waals surface area contributed by atoms with Crippen molar-refractivity contribution in [2.45, 2.75) is 6.42 Å². The number of H-pyrrole nitrogens is 1. The molecule has 1 heterocycles. The van der Waals surface area contributed by atoms with Crippen molar-refractivity contribution in [2.75, 3.05) is 5.32 Å². The molecular formula is C15H12BrN3O2. The Hall–Kier alpha value is -2.34. The average Bonchev–Trinajstić information content (AvgIpc) is 2.82. The molecule has 0 fully saturated rings. The molecule has 106 valence electrons. The van der Waals surface area contributed by atoms with E-state index in [-0.39, 0.29) is 6.42 Å². The third kappa shape index (κ3) is 3.22. The van der Waals surface area contributed by atoms with Gasteiger partial charge in [0.05, 0.1) is 17.5 Å². The molecule has 1 aromatic heterocycles. The Labute approximate surface area is 129 Å². The minimum absolute atomic E-state index is 0.0267. The standard InChI is InChI=1S/C15H12BrN3O2/c16-10-3-6-12-13(8-10)19-15(18-12)17-11-4-1-9(2-5-11)7-14(20)21/h1-6,8H,7H2,(H,20,21)(H2,17,18,19). The van der Waals surface area contributed by atoms with Crippen LogP contribution in [0.3, 0.4) is 0 Å². The summed E-state index contributed by atoms with van der Waals surface area (Å²) in [6, 6.07) is 13.1. The van der Waals surface area contributed by atoms with Crippen LogP contribution in [0.1, 0.15) is 5.56 Å². The topological polar surface area (TPSA) is 78.0 Å². The number of anilines is 2. The highest BCUT2D eigenvalue weighted by atomic mass is 79.9. The molecule has 5 nitrogen and oxygen atoms in total. The van der Waals surface area contributed by atoms with Crippen molar-refractivity contribution in [2.24, 2.45) is 0 Å². The molecule has 0 atom stereocenters. The third-order valence-electron chi connectivity index (χ3n) is 3.02. The van der Waals surface area contributed by atoms with E-state index < -0.39 is 5.97 Å². The first kappa shape index (κ1) is 13.6. The molecule has 2 aromatic carbocycles. The van der Waals surface area contributed by atoms with Gasteiger partial charge in [-0.2, -0.15) is 0 Å². The largest absolute Gasteiger partial charge is 0.481 e. The molecular weight excluding hydrogens is 334 g/mol. The van der Waals surface area contributed by atoms with Gasteiger partial charge in [-0.05, 0) is 35.9 Å². The van der Waals surface area contributed by atoms with Gasteiger partial charge in [0, 0.05) is 10.2 Å². The summed E-state index contributed by atoms with van der Waals surface area (Å²) in [5.74, 6) is -0.187. The second kappa shape index (κ2) is 5.57. The fraction of sp³-hybridized carbons (Fsp3) is 0.0667. The summed E-state index contributed by atoms with van der Waals surface area (Å²) in [7, 11) is 0. The number of carboxylic acids is 1. The number of aromatic nitrogens is 2. The molecule has 0 radical (unpaired) electrons. The lowest BCUT2D eigenvalue weighted by atomic mass is 10.1. The molecule has 0 spiro atoms. The quantitative estimate of drug-likeness (QED) is 0.673. The van der Waals surface area contributed by atoms with E-state index in [2.05, 4.69) is 31.2 Å². The number of fused-ring (bicyclic) bond motifs is 1. The lowest BCUT2D eigenvalue weighted by Crippen LogP contribution is -2.00. The number of nitrogens with one attached hydrogen (secondary N) is 2. The van der Waals surface area contributed by atoms with E-state index in [1.165, 1.54) is 0 Å². The lowest BCUT2D eigenvalue weighted by Gasteiger charge is -2.03. The number of benzene rings is 2. The Morgan fingerprint density at radius 3 is 2.71 bits per heavy atom. The van der Waals surface area contributed by atoms with E-state index in [1.807, 2.05) is 30.3 Å². The van der Waals surface area contributed by atoms with E-state index in [1.54, 1.807) is 12.1 Å². The fourth-order valence-electron chi connectivity index (χ4n) is 2.06. The van der Waals surface area contributed by atoms with Gasteiger partial charge in [-0.3, -0.25) is 4.79 Å². The van der Waals surface area contributed by atoms with Crippen molar-refractivity contribution < 1.29 is 9.90 Å². The number of hydrogen-bond donors (Lipinski definition) is 3. The number of aromatic amines is 1. The van der Waals surface area contributed by atoms with Crippen molar-refractivity contribution in [3.05, 3.63) is 52.5 Å². The van der Waals surface area contributed by atoms with E-state index in [9.17, 15) is 4.79 Å². The number of carbonyl (C=O) groups is 1. The normalized spacial score (nSPS) is 10.7. The van der Waals surface area contributed by atoms with Gasteiger partial charge >= 0.3 is 5.97 Å². The number of carboxylic acid groups (broad SMARTS) is 1. The average molecular weight is 346 g/mol. The first-order valence-corrected chi connectivity index (χ1v) is 7.12. The number of nitrogens with zero attached hydrogens (tertiary/aromatic N) is 1. The summed E-state index contributed by atoms with van der Waals surface area (Å²) in [5, 5.41) is 11.9. The van der Waals surface area contributed by atoms with Crippen molar-refractivity contribution in [3.8, 4) is 0 Å². The lowest BCUT2D eigenvalue weighted by molar-refractivity contribution is -0.136. The molecule has 3 rings (SSSR count). The Kier molecular flexibility index (Phi) is 3.62. The van der Waals surface area contributed by atoms with Crippen molar-refractivity contribution in [3.63, 3.8) is 0 Å². The zero-order valence-electron chi connectivity index (χ0n) is 10.9. The first-order valence-electron chi connectivity index (χ1n) is 6.33. The van der Waals surface area contributed by atoms with Crippen LogP contribution in [0.2, 0.25) is 0 Å². The SMILES string of the molecule is O=C(O)Cc1ccc(Nc2nc3ccc(Br)cc3[nH]2)cc1. The highest BCUT2D eigenvalue weighted by Gasteiger charge is 2.04. The molecule has 3 aromatic rings. The molecule has 3 N–H and O–H groups in total. The van der Waals surface area contributed by atoms with Crippen molar-refractivity contribution in [1.82, 2.24) is 9.97 Å². The highest BCUT2D eigenvalue weighted by Crippen LogP contribution is 2.21. The van der Waals surface area contributed by atoms with Gasteiger partial charge in [-0.25, -0.2) is 4.98 Å². The maximum absolute atomic E-state index is 10.6. The predicted molar refractivity (Wildman–Crippen MR) is 84.9 cm³/mol. The second-order valence-electron chi connectivity index (χ2n) is 4.64. The number of imidazole rings is 1. The minimum Gasteiger partial charge on any atom is -0.481 e. The highest BCUT2D eigenvalue weighted by molar-refractivity contribution is 9.10. The molecule has 0 unspecified atom stereocenters. The Morgan fingerprint density at radius 2 is 2.00 bits per heavy atom. The van der Waals surface area contributed by atoms with E-state index >= 15 is 0 Å². The Balaban J connectivity index is 1.79. The molecule has 6 heteroatoms. The summed E-state index contributed by atoms with van der Waals surface area (Å²) in [4.78, 5) is 18.3. The van der Waals surface area contributed by atoms with Crippen LogP contribution < -0.4 is 5.32 Å². The van der Waals surface area contributed by atoms with E-state index in [0.29, 0.717) is 5.95 Å². The molecule has 0 bridgehead atoms. The van der Waals surface area contributed by atoms with Gasteiger partial charge in [0.1, 0.15) is 0 Å². The maximum atomic E-state index is 10.6. The van der Waals surface area contributed by atoms with Crippen molar-refractivity contribution >= 4 is 44.6 Å². The van der Waals surface area contributed by atoms with Crippen LogP contribution >= 0.6 is 15.9 Å². The number of hydrogen-bond acceptors (Lipinski definition) is 3. The van der Waals surface area contributed by atoms with Crippen LogP contribution in [0, 0.1) is 0 Å². The van der Waals surface area contributed by atoms with Crippen LogP contribution in [-0.2, 0) is 11.2 Å². The molecule has 0 aliphatic carbocycles. The summed E-state index contributed by atoms with van der Waals surface area (Å²) in [6.07, 6.45) is 0.0267. The van der Waals surface area contributed by atoms with E-state index in [0.717, 1.165) is 26.8 Å². The molecule has 0 aliphatic rings. The zero-order valence-corrected chi connectivity index (χ0v) is 12.5. The van der Waals surface area contributed by atoms with Crippen LogP contribution in [0.25, 0.3) is 11.0 Å². The summed E-state index contributed by atoms with van der Waals surface area (Å²) >= 11 is 3.42. The van der Waals surface area contributed by atoms with Gasteiger partial charge in [0.2, 0.25) is 5.95 Å². The Bertz CT molecular complexity index is 796. The van der Waals surface area contributed by atoms with E-state index in [4.69, 9.17) is 5.11 Å². The summed E-state index contributed by atoms with van der Waals surface area (Å²) in [5.41, 5.74) is 3.43. The first-order chi connectivity index (χ1) is 10.1. The molecule has 0 aliphatic heterocycles. The third-order valence-corrected chi connectivity index (χ3v) is 3.51. The van der Waals surface area contributed by atoms with Gasteiger partial charge in [-0.15, -0.1) is 0 Å². The molecule has 0 saturated carbocycles. The molecule has 0 amide bonds. The van der Waals surface area contributed by atoms with Gasteiger partial charge < -0.3 is 15.4 Å². The minimum atomic E-state index is -0.835. The zero-order chi connectivity index (χ0) is 14.8. The van der Waals surface area contributed by atoms with Crippen LogP contribution in [0.4, 0.5) is 11.6 Å². The summed E-state index contributed by atoms with van der Waals surface area (Å²) < 4.78 is 0.989. The van der Waals surface area contributed by atoms with Crippen LogP contribution in [0.5, 0.6) is 0 Å². The monoisotopic (exact) mass is 345 g/mol. The van der Waals surface area contributed by atoms with Gasteiger partial charge in [0.15, 0.2) is 0 Å². The fourth-order valence-corrected chi connectivity index (χ4v) is 2.42. The van der Waals surface area contributed by atoms with Crippen molar-refractivity contribution in [1.29, 1.82) is 0 Å². The maximum Gasteiger partial charge on any atom is 0.307 e. The summed E-state index contributed by atoms with van der Waals surface area (Å²) in [6.45, 7) is 0. The second-order valence-corrected chi connectivity index (χ2v) is 5.55. The smallest absolute Gasteiger partial charge is 0.307 e. The van der Waals surface area contributed by atoms with Gasteiger partial charge in [0.25, 0.3) is 0 Å². The molecule has 21 heavy (non-hydrogen) atoms. The van der Waals surface area contributed by atoms with Gasteiger partial charge in [-0.1, -0.05) is 28.1 Å². The number of rotatable bonds is 4. The van der Waals surface area contributed by atoms with Crippen LogP contribution in [0.15, 0.2) is 46.9 Å². The number of halogens is 1. The molecule has 0 saturated heterocycles. The number of aliphatic carboxylic acids is 1.